The van der Waals surface area contributed by atoms with Crippen molar-refractivity contribution in [3.05, 3.63) is 0 Å². The molecule has 0 aliphatic heterocycles. The first-order chi connectivity index (χ1) is 7.33. The maximum atomic E-state index is 9.19. The zero-order valence-corrected chi connectivity index (χ0v) is 11.6. The first-order valence-electron chi connectivity index (χ1n) is 6.20. The van der Waals surface area contributed by atoms with Crippen molar-refractivity contribution < 1.29 is 9.84 Å². The van der Waals surface area contributed by atoms with Crippen molar-refractivity contribution in [2.24, 2.45) is 5.41 Å². The smallest absolute Gasteiger partial charge is 0.0610 e. The fraction of sp³-hybridized carbons (Fsp3) is 1.00. The average molecular weight is 231 g/mol. The maximum absolute atomic E-state index is 9.19. The van der Waals surface area contributed by atoms with Crippen molar-refractivity contribution in [3.8, 4) is 0 Å². The van der Waals surface area contributed by atoms with Crippen LogP contribution in [0.15, 0.2) is 0 Å². The second kappa shape index (κ2) is 7.25. The Morgan fingerprint density at radius 1 is 1.06 bits per heavy atom. The molecule has 0 bridgehead atoms. The van der Waals surface area contributed by atoms with Gasteiger partial charge in [0, 0.05) is 18.8 Å². The summed E-state index contributed by atoms with van der Waals surface area (Å²) in [6.07, 6.45) is 3.02. The zero-order chi connectivity index (χ0) is 12.7. The Balaban J connectivity index is 3.47. The van der Waals surface area contributed by atoms with E-state index in [-0.39, 0.29) is 12.1 Å². The van der Waals surface area contributed by atoms with Gasteiger partial charge in [-0.25, -0.2) is 0 Å². The highest BCUT2D eigenvalue weighted by Crippen LogP contribution is 2.18. The van der Waals surface area contributed by atoms with Gasteiger partial charge in [-0.05, 0) is 38.6 Å². The minimum Gasteiger partial charge on any atom is -0.394 e. The molecule has 0 radical (unpaired) electrons. The first kappa shape index (κ1) is 15.9. The van der Waals surface area contributed by atoms with Gasteiger partial charge in [0.15, 0.2) is 0 Å². The molecule has 2 N–H and O–H groups in total. The van der Waals surface area contributed by atoms with Crippen LogP contribution in [0.25, 0.3) is 0 Å². The summed E-state index contributed by atoms with van der Waals surface area (Å²) in [5, 5.41) is 12.3. The third-order valence-corrected chi connectivity index (χ3v) is 2.97. The highest BCUT2D eigenvalue weighted by molar-refractivity contribution is 4.79. The van der Waals surface area contributed by atoms with Crippen molar-refractivity contribution in [3.63, 3.8) is 0 Å². The van der Waals surface area contributed by atoms with Crippen LogP contribution in [0.4, 0.5) is 0 Å². The topological polar surface area (TPSA) is 41.5 Å². The van der Waals surface area contributed by atoms with Crippen LogP contribution in [-0.2, 0) is 4.74 Å². The second-order valence-electron chi connectivity index (χ2n) is 6.00. The molecule has 0 saturated carbocycles. The second-order valence-corrected chi connectivity index (χ2v) is 6.00. The molecule has 0 aromatic heterocycles. The van der Waals surface area contributed by atoms with E-state index in [1.165, 1.54) is 0 Å². The monoisotopic (exact) mass is 231 g/mol. The van der Waals surface area contributed by atoms with Gasteiger partial charge < -0.3 is 15.2 Å². The lowest BCUT2D eigenvalue weighted by Gasteiger charge is -2.26. The largest absolute Gasteiger partial charge is 0.394 e. The van der Waals surface area contributed by atoms with Gasteiger partial charge in [0.2, 0.25) is 0 Å². The number of rotatable bonds is 8. The van der Waals surface area contributed by atoms with Gasteiger partial charge in [0.1, 0.15) is 0 Å². The lowest BCUT2D eigenvalue weighted by Crippen LogP contribution is -2.43. The summed E-state index contributed by atoms with van der Waals surface area (Å²) in [5.74, 6) is 0. The Morgan fingerprint density at radius 2 is 1.69 bits per heavy atom. The summed E-state index contributed by atoms with van der Waals surface area (Å²) in [6, 6.07) is 0. The Kier molecular flexibility index (Phi) is 7.20. The average Bonchev–Trinajstić information content (AvgIpc) is 2.21. The standard InChI is InChI=1S/C13H29NO2/c1-12(2,3)8-10-16-9-6-7-13(4,11-15)14-5/h14-15H,6-11H2,1-5H3. The number of likely N-dealkylation sites (N-methyl/N-ethyl adjacent to an activating group) is 1. The number of ether oxygens (including phenoxy) is 1. The summed E-state index contributed by atoms with van der Waals surface area (Å²) in [4.78, 5) is 0. The SMILES string of the molecule is CNC(C)(CO)CCCOCCC(C)(C)C. The predicted molar refractivity (Wildman–Crippen MR) is 68.7 cm³/mol. The van der Waals surface area contributed by atoms with E-state index in [4.69, 9.17) is 4.74 Å². The fourth-order valence-corrected chi connectivity index (χ4v) is 1.33. The summed E-state index contributed by atoms with van der Waals surface area (Å²) >= 11 is 0. The molecule has 3 heteroatoms. The van der Waals surface area contributed by atoms with E-state index >= 15 is 0 Å². The quantitative estimate of drug-likeness (QED) is 0.629. The number of aliphatic hydroxyl groups excluding tert-OH is 1. The number of hydrogen-bond donors (Lipinski definition) is 2. The molecule has 3 nitrogen and oxygen atoms in total. The van der Waals surface area contributed by atoms with Gasteiger partial charge in [-0.2, -0.15) is 0 Å². The van der Waals surface area contributed by atoms with Crippen molar-refractivity contribution >= 4 is 0 Å². The van der Waals surface area contributed by atoms with Crippen LogP contribution in [0.5, 0.6) is 0 Å². The first-order valence-corrected chi connectivity index (χ1v) is 6.20. The van der Waals surface area contributed by atoms with Gasteiger partial charge in [-0.1, -0.05) is 20.8 Å². The van der Waals surface area contributed by atoms with Gasteiger partial charge in [-0.15, -0.1) is 0 Å². The summed E-state index contributed by atoms with van der Waals surface area (Å²) in [6.45, 7) is 10.5. The molecule has 16 heavy (non-hydrogen) atoms. The molecule has 0 rings (SSSR count). The minimum absolute atomic E-state index is 0.159. The van der Waals surface area contributed by atoms with Gasteiger partial charge in [0.25, 0.3) is 0 Å². The Morgan fingerprint density at radius 3 is 2.12 bits per heavy atom. The summed E-state index contributed by atoms with van der Waals surface area (Å²) in [7, 11) is 1.89. The van der Waals surface area contributed by atoms with Crippen LogP contribution < -0.4 is 5.32 Å². The molecular weight excluding hydrogens is 202 g/mol. The molecule has 0 aromatic rings. The van der Waals surface area contributed by atoms with Crippen LogP contribution in [0, 0.1) is 5.41 Å². The summed E-state index contributed by atoms with van der Waals surface area (Å²) in [5.41, 5.74) is 0.192. The highest BCUT2D eigenvalue weighted by atomic mass is 16.5. The Hall–Kier alpha value is -0.120. The number of hydrogen-bond acceptors (Lipinski definition) is 3. The van der Waals surface area contributed by atoms with E-state index in [9.17, 15) is 5.11 Å². The third kappa shape index (κ3) is 8.08. The van der Waals surface area contributed by atoms with Gasteiger partial charge in [-0.3, -0.25) is 0 Å². The van der Waals surface area contributed by atoms with Crippen LogP contribution in [0.3, 0.4) is 0 Å². The van der Waals surface area contributed by atoms with E-state index < -0.39 is 0 Å². The van der Waals surface area contributed by atoms with Crippen molar-refractivity contribution in [2.75, 3.05) is 26.9 Å². The van der Waals surface area contributed by atoms with E-state index in [1.54, 1.807) is 0 Å². The molecule has 98 valence electrons. The molecular formula is C13H29NO2. The molecule has 0 heterocycles. The summed E-state index contributed by atoms with van der Waals surface area (Å²) < 4.78 is 5.58. The van der Waals surface area contributed by atoms with E-state index in [0.29, 0.717) is 5.41 Å². The lowest BCUT2D eigenvalue weighted by molar-refractivity contribution is 0.0937. The van der Waals surface area contributed by atoms with Gasteiger partial charge in [0.05, 0.1) is 6.61 Å². The van der Waals surface area contributed by atoms with Crippen molar-refractivity contribution in [1.29, 1.82) is 0 Å². The van der Waals surface area contributed by atoms with Crippen LogP contribution in [0.2, 0.25) is 0 Å². The molecule has 0 fully saturated rings. The Bertz CT molecular complexity index is 171. The highest BCUT2D eigenvalue weighted by Gasteiger charge is 2.19. The van der Waals surface area contributed by atoms with Crippen LogP contribution in [0.1, 0.15) is 47.0 Å². The van der Waals surface area contributed by atoms with Crippen molar-refractivity contribution in [2.45, 2.75) is 52.5 Å². The molecule has 0 aliphatic rings. The van der Waals surface area contributed by atoms with E-state index in [0.717, 1.165) is 32.5 Å². The Labute approximate surface area is 101 Å². The minimum atomic E-state index is -0.159. The molecule has 0 aliphatic carbocycles. The van der Waals surface area contributed by atoms with Crippen LogP contribution >= 0.6 is 0 Å². The van der Waals surface area contributed by atoms with Crippen molar-refractivity contribution in [1.82, 2.24) is 5.32 Å². The van der Waals surface area contributed by atoms with Crippen LogP contribution in [-0.4, -0.2) is 37.5 Å². The molecule has 0 saturated heterocycles. The fourth-order valence-electron chi connectivity index (χ4n) is 1.33. The third-order valence-electron chi connectivity index (χ3n) is 2.97. The van der Waals surface area contributed by atoms with Gasteiger partial charge >= 0.3 is 0 Å². The maximum Gasteiger partial charge on any atom is 0.0610 e. The molecule has 0 aromatic carbocycles. The number of nitrogens with one attached hydrogen (secondary N) is 1. The predicted octanol–water partition coefficient (Wildman–Crippen LogP) is 2.19. The molecule has 0 spiro atoms. The normalized spacial score (nSPS) is 16.1. The molecule has 1 unspecified atom stereocenters. The van der Waals surface area contributed by atoms with E-state index in [2.05, 4.69) is 26.1 Å². The number of aliphatic hydroxyl groups is 1. The molecule has 1 atom stereocenters. The lowest BCUT2D eigenvalue weighted by atomic mass is 9.93. The molecule has 0 amide bonds. The zero-order valence-electron chi connectivity index (χ0n) is 11.6. The van der Waals surface area contributed by atoms with E-state index in [1.807, 2.05) is 14.0 Å².